The quantitative estimate of drug-likeness (QED) is 0.843. The van der Waals surface area contributed by atoms with Crippen molar-refractivity contribution in [3.63, 3.8) is 0 Å². The number of rotatable bonds is 3. The summed E-state index contributed by atoms with van der Waals surface area (Å²) in [4.78, 5) is 17.8. The lowest BCUT2D eigenvalue weighted by molar-refractivity contribution is 0.0964. The van der Waals surface area contributed by atoms with Gasteiger partial charge in [0.2, 0.25) is 0 Å². The molecule has 2 aliphatic rings. The lowest BCUT2D eigenvalue weighted by atomic mass is 9.88. The van der Waals surface area contributed by atoms with E-state index in [1.807, 2.05) is 36.1 Å². The summed E-state index contributed by atoms with van der Waals surface area (Å²) in [6, 6.07) is 14.3. The fourth-order valence-electron chi connectivity index (χ4n) is 4.35. The Morgan fingerprint density at radius 1 is 1.19 bits per heavy atom. The van der Waals surface area contributed by atoms with E-state index >= 15 is 0 Å². The molecule has 0 aliphatic carbocycles. The topological polar surface area (TPSA) is 32.8 Å². The van der Waals surface area contributed by atoms with E-state index < -0.39 is 0 Å². The fourth-order valence-corrected chi connectivity index (χ4v) is 4.35. The van der Waals surface area contributed by atoms with Crippen LogP contribution in [0, 0.1) is 6.92 Å². The van der Waals surface area contributed by atoms with Crippen molar-refractivity contribution in [2.75, 3.05) is 31.6 Å². The largest absolute Gasteiger partial charge is 0.494 e. The van der Waals surface area contributed by atoms with Gasteiger partial charge in [-0.2, -0.15) is 0 Å². The number of carbonyl (C=O) groups is 1. The van der Waals surface area contributed by atoms with E-state index in [1.54, 1.807) is 0 Å². The molecule has 1 saturated heterocycles. The average Bonchev–Trinajstić information content (AvgIpc) is 2.95. The van der Waals surface area contributed by atoms with Crippen LogP contribution in [0.2, 0.25) is 0 Å². The standard InChI is InChI=1S/C22H26N2O2/c1-4-26-17-8-6-16(7-9-17)22(25)24-20-10-5-15(2)13-18(20)19-14-23(3)12-11-21(19)24/h5-10,13,19,21H,4,11-12,14H2,1-3H3/t19-,21+/m1/s1. The van der Waals surface area contributed by atoms with Crippen LogP contribution >= 0.6 is 0 Å². The Morgan fingerprint density at radius 2 is 1.96 bits per heavy atom. The molecule has 0 saturated carbocycles. The molecule has 2 heterocycles. The summed E-state index contributed by atoms with van der Waals surface area (Å²) in [5, 5.41) is 0. The highest BCUT2D eigenvalue weighted by Gasteiger charge is 2.44. The van der Waals surface area contributed by atoms with E-state index in [2.05, 4.69) is 37.1 Å². The molecule has 1 fully saturated rings. The van der Waals surface area contributed by atoms with Gasteiger partial charge in [-0.1, -0.05) is 17.7 Å². The maximum Gasteiger partial charge on any atom is 0.258 e. The van der Waals surface area contributed by atoms with E-state index in [9.17, 15) is 4.79 Å². The molecule has 4 nitrogen and oxygen atoms in total. The van der Waals surface area contributed by atoms with Crippen LogP contribution in [0.25, 0.3) is 0 Å². The lowest BCUT2D eigenvalue weighted by Crippen LogP contribution is -2.47. The number of fused-ring (bicyclic) bond motifs is 3. The molecule has 0 N–H and O–H groups in total. The highest BCUT2D eigenvalue weighted by atomic mass is 16.5. The van der Waals surface area contributed by atoms with Gasteiger partial charge < -0.3 is 14.5 Å². The minimum Gasteiger partial charge on any atom is -0.494 e. The van der Waals surface area contributed by atoms with Gasteiger partial charge in [0.15, 0.2) is 0 Å². The van der Waals surface area contributed by atoms with Crippen LogP contribution in [0.4, 0.5) is 5.69 Å². The van der Waals surface area contributed by atoms with Crippen molar-refractivity contribution in [1.29, 1.82) is 0 Å². The highest BCUT2D eigenvalue weighted by molar-refractivity contribution is 6.08. The number of hydrogen-bond donors (Lipinski definition) is 0. The van der Waals surface area contributed by atoms with Gasteiger partial charge in [0.1, 0.15) is 5.75 Å². The zero-order chi connectivity index (χ0) is 18.3. The van der Waals surface area contributed by atoms with Crippen molar-refractivity contribution in [2.24, 2.45) is 0 Å². The number of ether oxygens (including phenoxy) is 1. The molecular weight excluding hydrogens is 324 g/mol. The average molecular weight is 350 g/mol. The van der Waals surface area contributed by atoms with Gasteiger partial charge in [0.25, 0.3) is 5.91 Å². The molecule has 1 amide bonds. The molecule has 2 atom stereocenters. The molecule has 0 bridgehead atoms. The van der Waals surface area contributed by atoms with Gasteiger partial charge in [-0.25, -0.2) is 0 Å². The van der Waals surface area contributed by atoms with Crippen molar-refractivity contribution >= 4 is 11.6 Å². The zero-order valence-electron chi connectivity index (χ0n) is 15.7. The van der Waals surface area contributed by atoms with Gasteiger partial charge >= 0.3 is 0 Å². The van der Waals surface area contributed by atoms with Crippen molar-refractivity contribution in [1.82, 2.24) is 4.90 Å². The molecule has 2 aliphatic heterocycles. The molecule has 0 aromatic heterocycles. The maximum absolute atomic E-state index is 13.4. The number of likely N-dealkylation sites (tertiary alicyclic amines) is 1. The second-order valence-electron chi connectivity index (χ2n) is 7.42. The van der Waals surface area contributed by atoms with E-state index in [4.69, 9.17) is 4.74 Å². The first-order valence-electron chi connectivity index (χ1n) is 9.44. The van der Waals surface area contributed by atoms with Gasteiger partial charge in [-0.15, -0.1) is 0 Å². The van der Waals surface area contributed by atoms with E-state index in [-0.39, 0.29) is 11.9 Å². The molecule has 136 valence electrons. The maximum atomic E-state index is 13.4. The number of carbonyl (C=O) groups excluding carboxylic acids is 1. The Kier molecular flexibility index (Phi) is 4.45. The number of aryl methyl sites for hydroxylation is 1. The third kappa shape index (κ3) is 2.88. The second kappa shape index (κ2) is 6.76. The predicted molar refractivity (Wildman–Crippen MR) is 104 cm³/mol. The first-order valence-corrected chi connectivity index (χ1v) is 9.44. The monoisotopic (exact) mass is 350 g/mol. The molecule has 0 spiro atoms. The Labute approximate surface area is 155 Å². The summed E-state index contributed by atoms with van der Waals surface area (Å²) in [6.45, 7) is 6.75. The van der Waals surface area contributed by atoms with Gasteiger partial charge in [0.05, 0.1) is 6.61 Å². The minimum atomic E-state index is 0.0928. The van der Waals surface area contributed by atoms with Crippen LogP contribution in [0.3, 0.4) is 0 Å². The van der Waals surface area contributed by atoms with Crippen LogP contribution in [0.1, 0.15) is 40.7 Å². The smallest absolute Gasteiger partial charge is 0.258 e. The van der Waals surface area contributed by atoms with E-state index in [0.29, 0.717) is 12.5 Å². The number of benzene rings is 2. The summed E-state index contributed by atoms with van der Waals surface area (Å²) in [6.07, 6.45) is 1.01. The summed E-state index contributed by atoms with van der Waals surface area (Å²) < 4.78 is 5.50. The number of nitrogens with zero attached hydrogens (tertiary/aromatic N) is 2. The Morgan fingerprint density at radius 3 is 2.69 bits per heavy atom. The summed E-state index contributed by atoms with van der Waals surface area (Å²) >= 11 is 0. The fraction of sp³-hybridized carbons (Fsp3) is 0.409. The SMILES string of the molecule is CCOc1ccc(C(=O)N2c3ccc(C)cc3[C@H]3CN(C)CC[C@@H]32)cc1. The van der Waals surface area contributed by atoms with Gasteiger partial charge in [0, 0.05) is 29.8 Å². The number of anilines is 1. The van der Waals surface area contributed by atoms with Gasteiger partial charge in [-0.05, 0) is 69.8 Å². The molecule has 4 rings (SSSR count). The Hall–Kier alpha value is -2.33. The lowest BCUT2D eigenvalue weighted by Gasteiger charge is -2.36. The molecular formula is C22H26N2O2. The third-order valence-electron chi connectivity index (χ3n) is 5.58. The molecule has 4 heteroatoms. The first-order chi connectivity index (χ1) is 12.6. The molecule has 0 radical (unpaired) electrons. The Balaban J connectivity index is 1.70. The molecule has 2 aromatic carbocycles. The third-order valence-corrected chi connectivity index (χ3v) is 5.58. The minimum absolute atomic E-state index is 0.0928. The number of hydrogen-bond acceptors (Lipinski definition) is 3. The van der Waals surface area contributed by atoms with Crippen LogP contribution in [-0.2, 0) is 0 Å². The number of piperidine rings is 1. The van der Waals surface area contributed by atoms with Crippen LogP contribution < -0.4 is 9.64 Å². The Bertz CT molecular complexity index is 815. The van der Waals surface area contributed by atoms with Crippen molar-refractivity contribution in [2.45, 2.75) is 32.2 Å². The van der Waals surface area contributed by atoms with E-state index in [0.717, 1.165) is 36.5 Å². The number of amides is 1. The van der Waals surface area contributed by atoms with Crippen molar-refractivity contribution < 1.29 is 9.53 Å². The predicted octanol–water partition coefficient (Wildman–Crippen LogP) is 3.84. The zero-order valence-corrected chi connectivity index (χ0v) is 15.7. The molecule has 0 unspecified atom stereocenters. The van der Waals surface area contributed by atoms with Gasteiger partial charge in [-0.3, -0.25) is 4.79 Å². The molecule has 26 heavy (non-hydrogen) atoms. The summed E-state index contributed by atoms with van der Waals surface area (Å²) in [5.74, 6) is 1.30. The van der Waals surface area contributed by atoms with Crippen LogP contribution in [-0.4, -0.2) is 43.6 Å². The first kappa shape index (κ1) is 17.1. The van der Waals surface area contributed by atoms with Crippen molar-refractivity contribution in [3.05, 3.63) is 59.2 Å². The van der Waals surface area contributed by atoms with Crippen LogP contribution in [0.5, 0.6) is 5.75 Å². The molecule has 2 aromatic rings. The van der Waals surface area contributed by atoms with E-state index in [1.165, 1.54) is 11.1 Å². The summed E-state index contributed by atoms with van der Waals surface area (Å²) in [7, 11) is 2.17. The second-order valence-corrected chi connectivity index (χ2v) is 7.42. The normalized spacial score (nSPS) is 22.0. The number of likely N-dealkylation sites (N-methyl/N-ethyl adjacent to an activating group) is 1. The summed E-state index contributed by atoms with van der Waals surface area (Å²) in [5.41, 5.74) is 4.38. The highest BCUT2D eigenvalue weighted by Crippen LogP contribution is 2.45. The van der Waals surface area contributed by atoms with Crippen LogP contribution in [0.15, 0.2) is 42.5 Å². The van der Waals surface area contributed by atoms with Crippen molar-refractivity contribution in [3.8, 4) is 5.75 Å².